The minimum Gasteiger partial charge on any atom is -0.497 e. The first-order valence-electron chi connectivity index (χ1n) is 7.17. The lowest BCUT2D eigenvalue weighted by molar-refractivity contribution is 0.0658. The van der Waals surface area contributed by atoms with E-state index in [4.69, 9.17) is 9.15 Å². The highest BCUT2D eigenvalue weighted by molar-refractivity contribution is 7.91. The molecule has 2 heterocycles. The summed E-state index contributed by atoms with van der Waals surface area (Å²) in [6, 6.07) is 10.1. The second-order valence-electron chi connectivity index (χ2n) is 5.45. The van der Waals surface area contributed by atoms with E-state index in [-0.39, 0.29) is 24.7 Å². The highest BCUT2D eigenvalue weighted by atomic mass is 32.2. The Balaban J connectivity index is 1.60. The first-order chi connectivity index (χ1) is 11.0. The van der Waals surface area contributed by atoms with Gasteiger partial charge in [0, 0.05) is 18.7 Å². The smallest absolute Gasteiger partial charge is 0.253 e. The van der Waals surface area contributed by atoms with Crippen LogP contribution in [0.25, 0.3) is 0 Å². The SMILES string of the molecule is COc1ccc(C(=O)N2CC(S(=O)(=O)Cc3ccco3)C2)cc1. The van der Waals surface area contributed by atoms with E-state index in [1.807, 2.05) is 0 Å². The Morgan fingerprint density at radius 3 is 2.52 bits per heavy atom. The molecule has 1 amide bonds. The molecule has 3 rings (SSSR count). The summed E-state index contributed by atoms with van der Waals surface area (Å²) in [4.78, 5) is 13.8. The van der Waals surface area contributed by atoms with Crippen molar-refractivity contribution >= 4 is 15.7 Å². The second kappa shape index (κ2) is 6.08. The van der Waals surface area contributed by atoms with Crippen LogP contribution in [-0.4, -0.2) is 44.7 Å². The molecule has 0 N–H and O–H groups in total. The molecule has 0 radical (unpaired) electrons. The summed E-state index contributed by atoms with van der Waals surface area (Å²) in [5.41, 5.74) is 0.521. The van der Waals surface area contributed by atoms with E-state index in [1.54, 1.807) is 43.5 Å². The minimum absolute atomic E-state index is 0.130. The van der Waals surface area contributed by atoms with Crippen molar-refractivity contribution in [2.75, 3.05) is 20.2 Å². The number of likely N-dealkylation sites (tertiary alicyclic amines) is 1. The summed E-state index contributed by atoms with van der Waals surface area (Å²) in [6.07, 6.45) is 1.45. The maximum absolute atomic E-state index is 12.3. The average molecular weight is 335 g/mol. The zero-order valence-corrected chi connectivity index (χ0v) is 13.5. The predicted octanol–water partition coefficient (Wildman–Crippen LogP) is 1.73. The van der Waals surface area contributed by atoms with Gasteiger partial charge < -0.3 is 14.1 Å². The van der Waals surface area contributed by atoms with Gasteiger partial charge in [0.15, 0.2) is 9.84 Å². The first kappa shape index (κ1) is 15.6. The van der Waals surface area contributed by atoms with E-state index < -0.39 is 15.1 Å². The number of ether oxygens (including phenoxy) is 1. The quantitative estimate of drug-likeness (QED) is 0.831. The number of furan rings is 1. The number of carbonyl (C=O) groups is 1. The van der Waals surface area contributed by atoms with Gasteiger partial charge in [-0.25, -0.2) is 8.42 Å². The van der Waals surface area contributed by atoms with Gasteiger partial charge in [0.05, 0.1) is 18.6 Å². The molecular formula is C16H17NO5S. The van der Waals surface area contributed by atoms with Crippen LogP contribution in [0.1, 0.15) is 16.1 Å². The second-order valence-corrected chi connectivity index (χ2v) is 7.73. The first-order valence-corrected chi connectivity index (χ1v) is 8.88. The minimum atomic E-state index is -3.31. The Labute approximate surface area is 134 Å². The summed E-state index contributed by atoms with van der Waals surface area (Å²) in [5, 5.41) is -0.533. The lowest BCUT2D eigenvalue weighted by atomic mass is 10.1. The maximum atomic E-state index is 12.3. The van der Waals surface area contributed by atoms with Crippen molar-refractivity contribution in [1.29, 1.82) is 0 Å². The summed E-state index contributed by atoms with van der Waals surface area (Å²) >= 11 is 0. The number of amides is 1. The highest BCUT2D eigenvalue weighted by Gasteiger charge is 2.40. The van der Waals surface area contributed by atoms with Gasteiger partial charge in [-0.15, -0.1) is 0 Å². The third-order valence-electron chi connectivity index (χ3n) is 3.90. The maximum Gasteiger partial charge on any atom is 0.253 e. The molecule has 7 heteroatoms. The van der Waals surface area contributed by atoms with Crippen LogP contribution in [0.2, 0.25) is 0 Å². The van der Waals surface area contributed by atoms with Crippen molar-refractivity contribution in [3.8, 4) is 5.75 Å². The summed E-state index contributed by atoms with van der Waals surface area (Å²) in [5.74, 6) is 0.793. The van der Waals surface area contributed by atoms with Crippen molar-refractivity contribution in [2.24, 2.45) is 0 Å². The Morgan fingerprint density at radius 1 is 1.26 bits per heavy atom. The zero-order chi connectivity index (χ0) is 16.4. The van der Waals surface area contributed by atoms with Gasteiger partial charge in [-0.3, -0.25) is 4.79 Å². The molecule has 6 nitrogen and oxygen atoms in total. The van der Waals surface area contributed by atoms with E-state index >= 15 is 0 Å². The highest BCUT2D eigenvalue weighted by Crippen LogP contribution is 2.23. The van der Waals surface area contributed by atoms with E-state index in [2.05, 4.69) is 0 Å². The zero-order valence-electron chi connectivity index (χ0n) is 12.6. The molecule has 1 saturated heterocycles. The van der Waals surface area contributed by atoms with Gasteiger partial charge in [0.25, 0.3) is 5.91 Å². The fraction of sp³-hybridized carbons (Fsp3) is 0.312. The third-order valence-corrected chi connectivity index (χ3v) is 5.90. The fourth-order valence-electron chi connectivity index (χ4n) is 2.46. The van der Waals surface area contributed by atoms with Crippen LogP contribution in [0.3, 0.4) is 0 Å². The van der Waals surface area contributed by atoms with Crippen molar-refractivity contribution in [1.82, 2.24) is 4.90 Å². The number of nitrogens with zero attached hydrogens (tertiary/aromatic N) is 1. The lowest BCUT2D eigenvalue weighted by Gasteiger charge is -2.38. The molecule has 0 spiro atoms. The van der Waals surface area contributed by atoms with Gasteiger partial charge in [0.2, 0.25) is 0 Å². The van der Waals surface area contributed by atoms with E-state index in [1.165, 1.54) is 11.2 Å². The Bertz CT molecular complexity index is 774. The lowest BCUT2D eigenvalue weighted by Crippen LogP contribution is -2.57. The topological polar surface area (TPSA) is 76.8 Å². The Morgan fingerprint density at radius 2 is 1.96 bits per heavy atom. The van der Waals surface area contributed by atoms with Gasteiger partial charge in [-0.2, -0.15) is 0 Å². The number of hydrogen-bond acceptors (Lipinski definition) is 5. The average Bonchev–Trinajstić information content (AvgIpc) is 2.97. The number of sulfone groups is 1. The van der Waals surface area contributed by atoms with Crippen LogP contribution in [-0.2, 0) is 15.6 Å². The normalized spacial score (nSPS) is 15.3. The van der Waals surface area contributed by atoms with Gasteiger partial charge in [-0.1, -0.05) is 0 Å². The van der Waals surface area contributed by atoms with Gasteiger partial charge in [-0.05, 0) is 36.4 Å². The van der Waals surface area contributed by atoms with Crippen molar-refractivity contribution in [2.45, 2.75) is 11.0 Å². The van der Waals surface area contributed by atoms with Gasteiger partial charge in [0.1, 0.15) is 17.3 Å². The van der Waals surface area contributed by atoms with Crippen LogP contribution in [0, 0.1) is 0 Å². The molecule has 0 saturated carbocycles. The van der Waals surface area contributed by atoms with Crippen LogP contribution in [0.5, 0.6) is 5.75 Å². The van der Waals surface area contributed by atoms with Crippen molar-refractivity contribution < 1.29 is 22.4 Å². The molecule has 1 fully saturated rings. The fourth-order valence-corrected chi connectivity index (χ4v) is 4.07. The molecule has 0 bridgehead atoms. The number of hydrogen-bond donors (Lipinski definition) is 0. The van der Waals surface area contributed by atoms with Crippen LogP contribution < -0.4 is 4.74 Å². The third kappa shape index (κ3) is 3.24. The molecule has 0 aliphatic carbocycles. The van der Waals surface area contributed by atoms with E-state index in [9.17, 15) is 13.2 Å². The predicted molar refractivity (Wildman–Crippen MR) is 84.0 cm³/mol. The van der Waals surface area contributed by atoms with Crippen LogP contribution in [0.15, 0.2) is 47.1 Å². The summed E-state index contributed by atoms with van der Waals surface area (Å²) in [6.45, 7) is 0.432. The number of carbonyl (C=O) groups excluding carboxylic acids is 1. The molecule has 2 aromatic rings. The Hall–Kier alpha value is -2.28. The van der Waals surface area contributed by atoms with Crippen molar-refractivity contribution in [3.63, 3.8) is 0 Å². The molecule has 0 atom stereocenters. The van der Waals surface area contributed by atoms with E-state index in [0.29, 0.717) is 17.1 Å². The molecule has 23 heavy (non-hydrogen) atoms. The standard InChI is InChI=1S/C16H17NO5S/c1-21-13-6-4-12(5-7-13)16(18)17-9-15(10-17)23(19,20)11-14-3-2-8-22-14/h2-8,15H,9-11H2,1H3. The summed E-state index contributed by atoms with van der Waals surface area (Å²) in [7, 11) is -1.76. The molecule has 1 aliphatic rings. The van der Waals surface area contributed by atoms with E-state index in [0.717, 1.165) is 0 Å². The van der Waals surface area contributed by atoms with Crippen LogP contribution >= 0.6 is 0 Å². The van der Waals surface area contributed by atoms with Gasteiger partial charge >= 0.3 is 0 Å². The number of benzene rings is 1. The Kier molecular flexibility index (Phi) is 4.12. The number of methoxy groups -OCH3 is 1. The van der Waals surface area contributed by atoms with Crippen LogP contribution in [0.4, 0.5) is 0 Å². The monoisotopic (exact) mass is 335 g/mol. The van der Waals surface area contributed by atoms with Crippen molar-refractivity contribution in [3.05, 3.63) is 54.0 Å². The summed E-state index contributed by atoms with van der Waals surface area (Å²) < 4.78 is 34.6. The molecular weight excluding hydrogens is 318 g/mol. The largest absolute Gasteiger partial charge is 0.497 e. The molecule has 1 aliphatic heterocycles. The molecule has 0 unspecified atom stereocenters. The molecule has 122 valence electrons. The number of rotatable bonds is 5. The molecule has 1 aromatic heterocycles. The molecule has 1 aromatic carbocycles.